The van der Waals surface area contributed by atoms with E-state index in [2.05, 4.69) is 17.7 Å². The Morgan fingerprint density at radius 1 is 1.05 bits per heavy atom. The molecule has 108 valence electrons. The molecule has 0 aliphatic carbocycles. The van der Waals surface area contributed by atoms with Gasteiger partial charge in [-0.15, -0.1) is 0 Å². The number of hydrogen-bond acceptors (Lipinski definition) is 2. The molecular formula is C17H19N3O. The first-order valence-electron chi connectivity index (χ1n) is 7.17. The number of carbonyl (C=O) groups excluding carboxylic acids is 1. The van der Waals surface area contributed by atoms with E-state index in [1.807, 2.05) is 61.5 Å². The molecule has 1 fully saturated rings. The van der Waals surface area contributed by atoms with Gasteiger partial charge in [-0.3, -0.25) is 0 Å². The fourth-order valence-electron chi connectivity index (χ4n) is 2.72. The molecular weight excluding hydrogens is 262 g/mol. The molecule has 0 aromatic heterocycles. The van der Waals surface area contributed by atoms with Gasteiger partial charge >= 0.3 is 6.03 Å². The van der Waals surface area contributed by atoms with Crippen LogP contribution in [0.25, 0.3) is 0 Å². The van der Waals surface area contributed by atoms with Gasteiger partial charge in [0, 0.05) is 0 Å². The van der Waals surface area contributed by atoms with Gasteiger partial charge in [-0.2, -0.15) is 5.43 Å². The van der Waals surface area contributed by atoms with Crippen LogP contribution in [0.4, 0.5) is 10.5 Å². The van der Waals surface area contributed by atoms with Crippen LogP contribution in [0.5, 0.6) is 0 Å². The number of aryl methyl sites for hydroxylation is 1. The number of hydrogen-bond donors (Lipinski definition) is 2. The largest absolute Gasteiger partial charge is 0.338 e. The van der Waals surface area contributed by atoms with Gasteiger partial charge in [0.2, 0.25) is 0 Å². The lowest BCUT2D eigenvalue weighted by Gasteiger charge is -2.29. The van der Waals surface area contributed by atoms with E-state index >= 15 is 0 Å². The highest BCUT2D eigenvalue weighted by atomic mass is 16.2. The molecule has 4 heteroatoms. The number of urea groups is 1. The highest BCUT2D eigenvalue weighted by molar-refractivity contribution is 5.94. The number of benzene rings is 2. The second-order valence-electron chi connectivity index (χ2n) is 5.29. The van der Waals surface area contributed by atoms with Crippen LogP contribution >= 0.6 is 0 Å². The molecule has 3 rings (SSSR count). The van der Waals surface area contributed by atoms with Crippen molar-refractivity contribution in [2.75, 3.05) is 5.01 Å². The van der Waals surface area contributed by atoms with Crippen molar-refractivity contribution in [2.45, 2.75) is 25.9 Å². The molecule has 0 unspecified atom stereocenters. The lowest BCUT2D eigenvalue weighted by atomic mass is 9.98. The Balaban J connectivity index is 1.99. The first-order valence-corrected chi connectivity index (χ1v) is 7.17. The number of nitrogens with zero attached hydrogens (tertiary/aromatic N) is 1. The van der Waals surface area contributed by atoms with Crippen LogP contribution in [0.3, 0.4) is 0 Å². The van der Waals surface area contributed by atoms with Gasteiger partial charge in [0.15, 0.2) is 0 Å². The molecule has 0 bridgehead atoms. The summed E-state index contributed by atoms with van der Waals surface area (Å²) in [7, 11) is 0. The maximum absolute atomic E-state index is 12.4. The summed E-state index contributed by atoms with van der Waals surface area (Å²) in [6.07, 6.45) is 0.755. The molecule has 1 atom stereocenters. The van der Waals surface area contributed by atoms with Crippen molar-refractivity contribution in [1.29, 1.82) is 0 Å². The topological polar surface area (TPSA) is 44.4 Å². The third-order valence-electron chi connectivity index (χ3n) is 3.98. The van der Waals surface area contributed by atoms with Gasteiger partial charge < -0.3 is 5.32 Å². The second kappa shape index (κ2) is 5.22. The number of anilines is 1. The van der Waals surface area contributed by atoms with E-state index in [-0.39, 0.29) is 6.03 Å². The fourth-order valence-corrected chi connectivity index (χ4v) is 2.72. The Morgan fingerprint density at radius 3 is 2.38 bits per heavy atom. The number of hydrazine groups is 1. The maximum atomic E-state index is 12.4. The van der Waals surface area contributed by atoms with E-state index in [1.165, 1.54) is 0 Å². The number of rotatable bonds is 3. The van der Waals surface area contributed by atoms with E-state index in [0.29, 0.717) is 0 Å². The fraction of sp³-hybridized carbons (Fsp3) is 0.235. The molecule has 21 heavy (non-hydrogen) atoms. The maximum Gasteiger partial charge on any atom is 0.338 e. The average molecular weight is 281 g/mol. The summed E-state index contributed by atoms with van der Waals surface area (Å²) in [4.78, 5) is 12.4. The summed E-state index contributed by atoms with van der Waals surface area (Å²) in [6.45, 7) is 4.06. The molecule has 1 aliphatic heterocycles. The summed E-state index contributed by atoms with van der Waals surface area (Å²) in [5, 5.41) is 4.69. The number of amides is 2. The van der Waals surface area contributed by atoms with Crippen molar-refractivity contribution in [2.24, 2.45) is 0 Å². The summed E-state index contributed by atoms with van der Waals surface area (Å²) in [6, 6.07) is 17.7. The molecule has 4 nitrogen and oxygen atoms in total. The first-order chi connectivity index (χ1) is 10.2. The molecule has 0 saturated carbocycles. The quantitative estimate of drug-likeness (QED) is 0.906. The Morgan fingerprint density at radius 2 is 1.71 bits per heavy atom. The van der Waals surface area contributed by atoms with E-state index in [9.17, 15) is 4.79 Å². The van der Waals surface area contributed by atoms with Crippen LogP contribution in [-0.4, -0.2) is 6.03 Å². The Kier molecular flexibility index (Phi) is 3.39. The van der Waals surface area contributed by atoms with Gasteiger partial charge in [0.05, 0.1) is 5.69 Å². The number of para-hydroxylation sites is 1. The normalized spacial score (nSPS) is 21.4. The monoisotopic (exact) mass is 281 g/mol. The molecule has 0 radical (unpaired) electrons. The van der Waals surface area contributed by atoms with Crippen molar-refractivity contribution < 1.29 is 4.79 Å². The lowest BCUT2D eigenvalue weighted by Crippen LogP contribution is -2.48. The molecule has 2 amide bonds. The molecule has 2 aromatic carbocycles. The van der Waals surface area contributed by atoms with Crippen LogP contribution in [0.1, 0.15) is 24.5 Å². The van der Waals surface area contributed by atoms with E-state index < -0.39 is 5.66 Å². The molecule has 1 heterocycles. The van der Waals surface area contributed by atoms with Gasteiger partial charge in [-0.25, -0.2) is 9.80 Å². The van der Waals surface area contributed by atoms with Gasteiger partial charge in [0.1, 0.15) is 5.66 Å². The minimum atomic E-state index is -0.555. The van der Waals surface area contributed by atoms with Crippen molar-refractivity contribution in [3.05, 3.63) is 65.7 Å². The molecule has 1 aliphatic rings. The van der Waals surface area contributed by atoms with Crippen molar-refractivity contribution in [3.63, 3.8) is 0 Å². The van der Waals surface area contributed by atoms with E-state index in [4.69, 9.17) is 0 Å². The molecule has 1 saturated heterocycles. The zero-order valence-corrected chi connectivity index (χ0v) is 12.3. The van der Waals surface area contributed by atoms with Gasteiger partial charge in [-0.1, -0.05) is 55.5 Å². The van der Waals surface area contributed by atoms with Gasteiger partial charge in [-0.05, 0) is 30.5 Å². The lowest BCUT2D eigenvalue weighted by molar-refractivity contribution is 0.245. The van der Waals surface area contributed by atoms with Crippen LogP contribution < -0.4 is 15.8 Å². The van der Waals surface area contributed by atoms with Crippen LogP contribution in [0, 0.1) is 6.92 Å². The second-order valence-corrected chi connectivity index (χ2v) is 5.29. The molecule has 0 spiro atoms. The summed E-state index contributed by atoms with van der Waals surface area (Å²) in [5.41, 5.74) is 5.78. The summed E-state index contributed by atoms with van der Waals surface area (Å²) < 4.78 is 0. The van der Waals surface area contributed by atoms with Crippen molar-refractivity contribution >= 4 is 11.7 Å². The van der Waals surface area contributed by atoms with E-state index in [0.717, 1.165) is 23.2 Å². The van der Waals surface area contributed by atoms with Crippen LogP contribution in [0.2, 0.25) is 0 Å². The minimum Gasteiger partial charge on any atom is -0.313 e. The van der Waals surface area contributed by atoms with Crippen LogP contribution in [-0.2, 0) is 5.66 Å². The van der Waals surface area contributed by atoms with Crippen molar-refractivity contribution in [3.8, 4) is 0 Å². The average Bonchev–Trinajstić information content (AvgIpc) is 2.87. The molecule has 2 aromatic rings. The Bertz CT molecular complexity index is 656. The highest BCUT2D eigenvalue weighted by Crippen LogP contribution is 2.30. The number of carbonyl (C=O) groups is 1. The predicted octanol–water partition coefficient (Wildman–Crippen LogP) is 3.29. The third-order valence-corrected chi connectivity index (χ3v) is 3.98. The van der Waals surface area contributed by atoms with E-state index in [1.54, 1.807) is 5.01 Å². The zero-order valence-electron chi connectivity index (χ0n) is 12.3. The predicted molar refractivity (Wildman–Crippen MR) is 83.7 cm³/mol. The minimum absolute atomic E-state index is 0.130. The van der Waals surface area contributed by atoms with Gasteiger partial charge in [0.25, 0.3) is 0 Å². The molecule has 2 N–H and O–H groups in total. The Labute approximate surface area is 124 Å². The summed E-state index contributed by atoms with van der Waals surface area (Å²) in [5.74, 6) is 0. The SMILES string of the molecule is CC[C@@]1(c2ccccc2)NC(=O)N(c2ccccc2C)N1. The van der Waals surface area contributed by atoms with Crippen molar-refractivity contribution in [1.82, 2.24) is 10.7 Å². The highest BCUT2D eigenvalue weighted by Gasteiger charge is 2.42. The summed E-state index contributed by atoms with van der Waals surface area (Å²) >= 11 is 0. The smallest absolute Gasteiger partial charge is 0.313 e. The number of nitrogens with one attached hydrogen (secondary N) is 2. The standard InChI is InChI=1S/C17H19N3O/c1-3-17(14-10-5-4-6-11-14)18-16(21)20(19-17)15-12-8-7-9-13(15)2/h4-12,19H,3H2,1-2H3,(H,18,21)/t17-/m1/s1. The first kappa shape index (κ1) is 13.6. The zero-order chi connectivity index (χ0) is 14.9. The third kappa shape index (κ3) is 2.28. The van der Waals surface area contributed by atoms with Crippen LogP contribution in [0.15, 0.2) is 54.6 Å². The Hall–Kier alpha value is -2.33.